The van der Waals surface area contributed by atoms with Crippen LogP contribution in [0.4, 0.5) is 0 Å². The molecular weight excluding hydrogens is 593 g/mol. The first-order valence-corrected chi connectivity index (χ1v) is 16.9. The van der Waals surface area contributed by atoms with E-state index in [1.165, 1.54) is 82.4 Å². The molecule has 0 fully saturated rings. The van der Waals surface area contributed by atoms with E-state index in [1.807, 2.05) is 30.6 Å². The maximum atomic E-state index is 4.76. The molecule has 7 aromatic carbocycles. The van der Waals surface area contributed by atoms with Gasteiger partial charge < -0.3 is 0 Å². The highest BCUT2D eigenvalue weighted by atomic mass is 14.8. The van der Waals surface area contributed by atoms with Gasteiger partial charge in [-0.3, -0.25) is 9.97 Å². The molecule has 11 rings (SSSR count). The molecule has 0 amide bonds. The molecule has 0 aliphatic heterocycles. The SMILES string of the molecule is c1ccc(-c2cc(-c3cc4c(c5ccccc35)-c3c(c5ccccc5c5ccccc35)C43c4ccccc4-c4ccccc43)ccn2)nc1. The zero-order valence-electron chi connectivity index (χ0n) is 26.6. The second-order valence-corrected chi connectivity index (χ2v) is 13.2. The summed E-state index contributed by atoms with van der Waals surface area (Å²) in [5.74, 6) is 0. The van der Waals surface area contributed by atoms with Crippen molar-refractivity contribution in [2.45, 2.75) is 5.41 Å². The van der Waals surface area contributed by atoms with E-state index >= 15 is 0 Å². The second kappa shape index (κ2) is 9.82. The Morgan fingerprint density at radius 2 is 0.898 bits per heavy atom. The first-order chi connectivity index (χ1) is 24.3. The first kappa shape index (κ1) is 26.7. The lowest BCUT2D eigenvalue weighted by Crippen LogP contribution is -2.26. The van der Waals surface area contributed by atoms with E-state index in [2.05, 4.69) is 145 Å². The molecule has 0 N–H and O–H groups in total. The maximum Gasteiger partial charge on any atom is 0.0892 e. The van der Waals surface area contributed by atoms with Gasteiger partial charge in [0.1, 0.15) is 0 Å². The van der Waals surface area contributed by atoms with Crippen LogP contribution in [-0.2, 0) is 5.41 Å². The second-order valence-electron chi connectivity index (χ2n) is 13.2. The number of hydrogen-bond acceptors (Lipinski definition) is 2. The van der Waals surface area contributed by atoms with Gasteiger partial charge in [-0.15, -0.1) is 0 Å². The Bertz CT molecular complexity index is 2790. The number of benzene rings is 7. The van der Waals surface area contributed by atoms with Crippen molar-refractivity contribution in [2.75, 3.05) is 0 Å². The standard InChI is InChI=1S/C47H28N2/c1-5-19-36-30(13-1)31-14-3-6-20-37(31)46-45(36)44-35-18-4-2-15-32(35)38(29-24-26-49-43(27-29)42-23-11-12-25-48-42)28-41(44)47(46)39-21-9-7-16-33(39)34-17-8-10-22-40(34)47/h1-28H. The summed E-state index contributed by atoms with van der Waals surface area (Å²) < 4.78 is 0. The predicted molar refractivity (Wildman–Crippen MR) is 202 cm³/mol. The summed E-state index contributed by atoms with van der Waals surface area (Å²) in [4.78, 5) is 9.39. The van der Waals surface area contributed by atoms with Crippen molar-refractivity contribution in [3.63, 3.8) is 0 Å². The van der Waals surface area contributed by atoms with Crippen LogP contribution in [0, 0.1) is 0 Å². The average Bonchev–Trinajstić information content (AvgIpc) is 3.66. The Balaban J connectivity index is 1.37. The molecule has 2 aliphatic carbocycles. The highest BCUT2D eigenvalue weighted by Crippen LogP contribution is 2.66. The summed E-state index contributed by atoms with van der Waals surface area (Å²) in [5, 5.41) is 7.71. The average molecular weight is 621 g/mol. The molecule has 9 aromatic rings. The molecule has 49 heavy (non-hydrogen) atoms. The number of fused-ring (bicyclic) bond motifs is 17. The molecular formula is C47H28N2. The first-order valence-electron chi connectivity index (χ1n) is 16.9. The summed E-state index contributed by atoms with van der Waals surface area (Å²) in [7, 11) is 0. The van der Waals surface area contributed by atoms with Gasteiger partial charge in [0, 0.05) is 12.4 Å². The molecule has 0 bridgehead atoms. The molecule has 2 heteroatoms. The zero-order valence-corrected chi connectivity index (χ0v) is 26.6. The summed E-state index contributed by atoms with van der Waals surface area (Å²) in [5.41, 5.74) is 14.3. The number of aromatic nitrogens is 2. The molecule has 0 radical (unpaired) electrons. The largest absolute Gasteiger partial charge is 0.255 e. The van der Waals surface area contributed by atoms with E-state index in [0.29, 0.717) is 0 Å². The predicted octanol–water partition coefficient (Wildman–Crippen LogP) is 11.6. The Kier molecular flexibility index (Phi) is 5.34. The fourth-order valence-electron chi connectivity index (χ4n) is 9.15. The van der Waals surface area contributed by atoms with Gasteiger partial charge in [-0.25, -0.2) is 0 Å². The third kappa shape index (κ3) is 3.40. The number of rotatable bonds is 2. The maximum absolute atomic E-state index is 4.76. The molecule has 0 saturated carbocycles. The van der Waals surface area contributed by atoms with Crippen LogP contribution in [0.5, 0.6) is 0 Å². The van der Waals surface area contributed by atoms with Crippen molar-refractivity contribution >= 4 is 32.3 Å². The van der Waals surface area contributed by atoms with Gasteiger partial charge in [-0.2, -0.15) is 0 Å². The summed E-state index contributed by atoms with van der Waals surface area (Å²) >= 11 is 0. The minimum atomic E-state index is -0.503. The number of hydrogen-bond donors (Lipinski definition) is 0. The van der Waals surface area contributed by atoms with E-state index in [9.17, 15) is 0 Å². The van der Waals surface area contributed by atoms with E-state index < -0.39 is 5.41 Å². The van der Waals surface area contributed by atoms with Crippen LogP contribution in [0.25, 0.3) is 77.1 Å². The minimum absolute atomic E-state index is 0.503. The summed E-state index contributed by atoms with van der Waals surface area (Å²) in [6.45, 7) is 0. The van der Waals surface area contributed by atoms with Crippen molar-refractivity contribution in [2.24, 2.45) is 0 Å². The number of nitrogens with zero attached hydrogens (tertiary/aromatic N) is 2. The molecule has 2 nitrogen and oxygen atoms in total. The molecule has 0 unspecified atom stereocenters. The van der Waals surface area contributed by atoms with Crippen LogP contribution in [0.1, 0.15) is 22.3 Å². The third-order valence-electron chi connectivity index (χ3n) is 11.0. The van der Waals surface area contributed by atoms with E-state index in [-0.39, 0.29) is 0 Å². The van der Waals surface area contributed by atoms with Gasteiger partial charge >= 0.3 is 0 Å². The lowest BCUT2D eigenvalue weighted by atomic mass is 9.68. The van der Waals surface area contributed by atoms with Gasteiger partial charge in [0.2, 0.25) is 0 Å². The molecule has 2 aromatic heterocycles. The Hall–Kier alpha value is -6.38. The van der Waals surface area contributed by atoms with E-state index in [4.69, 9.17) is 4.98 Å². The van der Waals surface area contributed by atoms with Crippen molar-refractivity contribution in [1.29, 1.82) is 0 Å². The monoisotopic (exact) mass is 620 g/mol. The van der Waals surface area contributed by atoms with Crippen LogP contribution in [0.3, 0.4) is 0 Å². The topological polar surface area (TPSA) is 25.8 Å². The highest BCUT2D eigenvalue weighted by molar-refractivity contribution is 6.24. The highest BCUT2D eigenvalue weighted by Gasteiger charge is 2.53. The molecule has 226 valence electrons. The normalized spacial score (nSPS) is 13.5. The van der Waals surface area contributed by atoms with Crippen molar-refractivity contribution < 1.29 is 0 Å². The Labute approximate surface area is 284 Å². The fraction of sp³-hybridized carbons (Fsp3) is 0.0213. The fourth-order valence-corrected chi connectivity index (χ4v) is 9.15. The Morgan fingerprint density at radius 3 is 1.59 bits per heavy atom. The zero-order chi connectivity index (χ0) is 32.1. The van der Waals surface area contributed by atoms with E-state index in [1.54, 1.807) is 0 Å². The molecule has 1 spiro atoms. The molecule has 2 aliphatic rings. The van der Waals surface area contributed by atoms with Crippen LogP contribution in [-0.4, -0.2) is 9.97 Å². The van der Waals surface area contributed by atoms with Crippen molar-refractivity contribution in [1.82, 2.24) is 9.97 Å². The molecule has 0 atom stereocenters. The molecule has 2 heterocycles. The van der Waals surface area contributed by atoms with Gasteiger partial charge in [0.15, 0.2) is 0 Å². The third-order valence-corrected chi connectivity index (χ3v) is 11.0. The summed E-state index contributed by atoms with van der Waals surface area (Å²) in [6.07, 6.45) is 3.76. The van der Waals surface area contributed by atoms with Gasteiger partial charge in [-0.05, 0) is 118 Å². The lowest BCUT2D eigenvalue weighted by molar-refractivity contribution is 0.803. The smallest absolute Gasteiger partial charge is 0.0892 e. The van der Waals surface area contributed by atoms with Crippen molar-refractivity contribution in [3.8, 4) is 44.8 Å². The van der Waals surface area contributed by atoms with Crippen molar-refractivity contribution in [3.05, 3.63) is 192 Å². The van der Waals surface area contributed by atoms with Gasteiger partial charge in [-0.1, -0.05) is 127 Å². The Morgan fingerprint density at radius 1 is 0.347 bits per heavy atom. The summed E-state index contributed by atoms with van der Waals surface area (Å²) in [6, 6.07) is 58.1. The van der Waals surface area contributed by atoms with Crippen LogP contribution < -0.4 is 0 Å². The lowest BCUT2D eigenvalue weighted by Gasteiger charge is -2.32. The van der Waals surface area contributed by atoms with Crippen LogP contribution >= 0.6 is 0 Å². The van der Waals surface area contributed by atoms with Gasteiger partial charge in [0.25, 0.3) is 0 Å². The van der Waals surface area contributed by atoms with Crippen LogP contribution in [0.2, 0.25) is 0 Å². The molecule has 0 saturated heterocycles. The van der Waals surface area contributed by atoms with Gasteiger partial charge in [0.05, 0.1) is 16.8 Å². The van der Waals surface area contributed by atoms with Crippen LogP contribution in [0.15, 0.2) is 170 Å². The quantitative estimate of drug-likeness (QED) is 0.180. The number of pyridine rings is 2. The minimum Gasteiger partial charge on any atom is -0.255 e. The van der Waals surface area contributed by atoms with E-state index in [0.717, 1.165) is 17.0 Å².